The van der Waals surface area contributed by atoms with Crippen molar-refractivity contribution in [2.24, 2.45) is 23.2 Å². The van der Waals surface area contributed by atoms with Gasteiger partial charge in [-0.25, -0.2) is 0 Å². The van der Waals surface area contributed by atoms with Gasteiger partial charge in [0.05, 0.1) is 12.2 Å². The van der Waals surface area contributed by atoms with Gasteiger partial charge in [-0.1, -0.05) is 49.8 Å². The maximum absolute atomic E-state index is 10.1. The molecule has 0 radical (unpaired) electrons. The first-order chi connectivity index (χ1) is 13.7. The van der Waals surface area contributed by atoms with Gasteiger partial charge in [-0.05, 0) is 99.5 Å². The normalized spacial score (nSPS) is 38.9. The van der Waals surface area contributed by atoms with Crippen molar-refractivity contribution >= 4 is 0 Å². The Morgan fingerprint density at radius 1 is 1.24 bits per heavy atom. The molecule has 0 aliphatic heterocycles. The second-order valence-electron chi connectivity index (χ2n) is 10.5. The van der Waals surface area contributed by atoms with Gasteiger partial charge in [0.25, 0.3) is 0 Å². The smallest absolute Gasteiger partial charge is 0.0811 e. The first-order valence-electron chi connectivity index (χ1n) is 11.8. The molecule has 0 amide bonds. The molecule has 162 valence electrons. The van der Waals surface area contributed by atoms with Gasteiger partial charge in [0.15, 0.2) is 0 Å². The number of fused-ring (bicyclic) bond motifs is 1. The van der Waals surface area contributed by atoms with E-state index < -0.39 is 12.2 Å². The molecule has 0 aromatic rings. The lowest BCUT2D eigenvalue weighted by Crippen LogP contribution is -2.36. The summed E-state index contributed by atoms with van der Waals surface area (Å²) in [5.41, 5.74) is 5.27. The highest BCUT2D eigenvalue weighted by Gasteiger charge is 2.50. The Morgan fingerprint density at radius 3 is 2.72 bits per heavy atom. The molecule has 0 heterocycles. The van der Waals surface area contributed by atoms with Gasteiger partial charge in [-0.15, -0.1) is 0 Å². The average molecular weight is 399 g/mol. The predicted octanol–water partition coefficient (Wildman–Crippen LogP) is 6.51. The van der Waals surface area contributed by atoms with Gasteiger partial charge in [0, 0.05) is 6.42 Å². The summed E-state index contributed by atoms with van der Waals surface area (Å²) in [5.74, 6) is 2.29. The number of aliphatic hydroxyl groups excluding tert-OH is 2. The molecule has 2 N–H and O–H groups in total. The van der Waals surface area contributed by atoms with E-state index in [-0.39, 0.29) is 0 Å². The summed E-state index contributed by atoms with van der Waals surface area (Å²) in [6.45, 7) is 13.5. The molecule has 3 fully saturated rings. The van der Waals surface area contributed by atoms with E-state index in [0.29, 0.717) is 24.2 Å². The van der Waals surface area contributed by atoms with Crippen molar-refractivity contribution in [3.63, 3.8) is 0 Å². The number of allylic oxidation sites excluding steroid dienone is 5. The third-order valence-corrected chi connectivity index (χ3v) is 8.16. The van der Waals surface area contributed by atoms with E-state index in [0.717, 1.165) is 23.0 Å². The Hall–Kier alpha value is -1.12. The van der Waals surface area contributed by atoms with Crippen LogP contribution in [-0.2, 0) is 0 Å². The van der Waals surface area contributed by atoms with Crippen molar-refractivity contribution in [3.05, 3.63) is 47.1 Å². The molecule has 0 spiro atoms. The van der Waals surface area contributed by atoms with Crippen LogP contribution >= 0.6 is 0 Å². The van der Waals surface area contributed by atoms with E-state index in [1.807, 2.05) is 0 Å². The second-order valence-corrected chi connectivity index (χ2v) is 10.5. The van der Waals surface area contributed by atoms with E-state index in [2.05, 4.69) is 52.5 Å². The van der Waals surface area contributed by atoms with Gasteiger partial charge < -0.3 is 10.2 Å². The Labute approximate surface area is 178 Å². The van der Waals surface area contributed by atoms with Crippen molar-refractivity contribution in [2.45, 2.75) is 97.7 Å². The van der Waals surface area contributed by atoms with Crippen LogP contribution in [0.4, 0.5) is 0 Å². The van der Waals surface area contributed by atoms with Crippen LogP contribution in [0.1, 0.15) is 85.5 Å². The van der Waals surface area contributed by atoms with Crippen molar-refractivity contribution in [2.75, 3.05) is 0 Å². The van der Waals surface area contributed by atoms with Crippen LogP contribution in [0.25, 0.3) is 0 Å². The summed E-state index contributed by atoms with van der Waals surface area (Å²) in [5, 5.41) is 20.2. The molecule has 2 nitrogen and oxygen atoms in total. The highest BCUT2D eigenvalue weighted by molar-refractivity contribution is 5.38. The number of hydrogen-bond acceptors (Lipinski definition) is 2. The van der Waals surface area contributed by atoms with Crippen LogP contribution in [0.2, 0.25) is 0 Å². The highest BCUT2D eigenvalue weighted by Crippen LogP contribution is 2.59. The summed E-state index contributed by atoms with van der Waals surface area (Å²) in [7, 11) is 0. The zero-order valence-electron chi connectivity index (χ0n) is 19.1. The standard InChI is InChI=1S/C27H42O2/c1-18(2)8-6-9-19(3)24-13-14-25-21(10-7-15-27(24,25)5)11-12-22-16-23(28)17-26(29)20(22)4/h8,11-12,19,23-26,28-29H,4,6-7,9-10,13-17H2,1-3,5H3/b21-11+,22-12-/t19-,23+,24-,25+,26?,27-/m1/s1. The molecule has 6 atom stereocenters. The molecule has 0 aromatic heterocycles. The molecule has 1 unspecified atom stereocenters. The van der Waals surface area contributed by atoms with Crippen LogP contribution in [0, 0.1) is 23.2 Å². The quantitative estimate of drug-likeness (QED) is 0.518. The van der Waals surface area contributed by atoms with Crippen LogP contribution in [-0.4, -0.2) is 22.4 Å². The summed E-state index contributed by atoms with van der Waals surface area (Å²) in [6.07, 6.45) is 15.9. The van der Waals surface area contributed by atoms with Crippen molar-refractivity contribution in [3.8, 4) is 0 Å². The maximum Gasteiger partial charge on any atom is 0.0811 e. The first kappa shape index (κ1) is 22.6. The largest absolute Gasteiger partial charge is 0.393 e. The van der Waals surface area contributed by atoms with Gasteiger partial charge in [0.1, 0.15) is 0 Å². The SMILES string of the molecule is C=C1/C(=C\C=C2/CCC[C@]3(C)[C@@H]([C@H](C)CCC=C(C)C)CC[C@@H]23)C[C@H](O)CC1O. The topological polar surface area (TPSA) is 40.5 Å². The lowest BCUT2D eigenvalue weighted by Gasteiger charge is -2.44. The average Bonchev–Trinajstić information content (AvgIpc) is 3.00. The fourth-order valence-corrected chi connectivity index (χ4v) is 6.52. The van der Waals surface area contributed by atoms with Gasteiger partial charge in [-0.3, -0.25) is 0 Å². The minimum Gasteiger partial charge on any atom is -0.393 e. The van der Waals surface area contributed by atoms with E-state index in [1.165, 1.54) is 50.5 Å². The summed E-state index contributed by atoms with van der Waals surface area (Å²) >= 11 is 0. The van der Waals surface area contributed by atoms with Gasteiger partial charge in [0.2, 0.25) is 0 Å². The molecule has 0 saturated heterocycles. The highest BCUT2D eigenvalue weighted by atomic mass is 16.3. The zero-order chi connectivity index (χ0) is 21.2. The van der Waals surface area contributed by atoms with Crippen molar-refractivity contribution in [1.29, 1.82) is 0 Å². The molecule has 2 heteroatoms. The predicted molar refractivity (Wildman–Crippen MR) is 123 cm³/mol. The number of aliphatic hydroxyl groups is 2. The lowest BCUT2D eigenvalue weighted by atomic mass is 9.60. The Balaban J connectivity index is 1.74. The summed E-state index contributed by atoms with van der Waals surface area (Å²) in [4.78, 5) is 0. The second kappa shape index (κ2) is 9.35. The molecule has 3 aliphatic carbocycles. The fourth-order valence-electron chi connectivity index (χ4n) is 6.52. The van der Waals surface area contributed by atoms with E-state index >= 15 is 0 Å². The summed E-state index contributed by atoms with van der Waals surface area (Å²) in [6, 6.07) is 0. The van der Waals surface area contributed by atoms with Crippen LogP contribution in [0.5, 0.6) is 0 Å². The number of hydrogen-bond donors (Lipinski definition) is 2. The fraction of sp³-hybridized carbons (Fsp3) is 0.704. The van der Waals surface area contributed by atoms with Gasteiger partial charge >= 0.3 is 0 Å². The molecule has 29 heavy (non-hydrogen) atoms. The third kappa shape index (κ3) is 4.97. The molecular weight excluding hydrogens is 356 g/mol. The van der Waals surface area contributed by atoms with Crippen molar-refractivity contribution < 1.29 is 10.2 Å². The Morgan fingerprint density at radius 2 is 2.00 bits per heavy atom. The van der Waals surface area contributed by atoms with Crippen LogP contribution < -0.4 is 0 Å². The molecule has 0 bridgehead atoms. The first-order valence-corrected chi connectivity index (χ1v) is 11.8. The zero-order valence-corrected chi connectivity index (χ0v) is 19.1. The van der Waals surface area contributed by atoms with E-state index in [1.54, 1.807) is 5.57 Å². The Kier molecular flexibility index (Phi) is 7.27. The van der Waals surface area contributed by atoms with Crippen molar-refractivity contribution in [1.82, 2.24) is 0 Å². The number of rotatable bonds is 5. The monoisotopic (exact) mass is 398 g/mol. The Bertz CT molecular complexity index is 693. The molecular formula is C27H42O2. The molecule has 3 rings (SSSR count). The third-order valence-electron chi connectivity index (χ3n) is 8.16. The van der Waals surface area contributed by atoms with E-state index in [9.17, 15) is 10.2 Å². The van der Waals surface area contributed by atoms with Crippen LogP contribution in [0.15, 0.2) is 47.1 Å². The van der Waals surface area contributed by atoms with Crippen LogP contribution in [0.3, 0.4) is 0 Å². The minimum atomic E-state index is -0.600. The van der Waals surface area contributed by atoms with Gasteiger partial charge in [-0.2, -0.15) is 0 Å². The van der Waals surface area contributed by atoms with E-state index in [4.69, 9.17) is 0 Å². The molecule has 3 aliphatic rings. The minimum absolute atomic E-state index is 0.416. The molecule has 0 aromatic carbocycles. The summed E-state index contributed by atoms with van der Waals surface area (Å²) < 4.78 is 0. The maximum atomic E-state index is 10.1. The lowest BCUT2D eigenvalue weighted by molar-refractivity contribution is 0.0861. The molecule has 3 saturated carbocycles.